The van der Waals surface area contributed by atoms with E-state index >= 15 is 0 Å². The van der Waals surface area contributed by atoms with Crippen LogP contribution in [0, 0.1) is 0 Å². The van der Waals surface area contributed by atoms with E-state index in [9.17, 15) is 4.79 Å². The first kappa shape index (κ1) is 18.5. The van der Waals surface area contributed by atoms with Gasteiger partial charge >= 0.3 is 6.09 Å². The number of hydrogen-bond acceptors (Lipinski definition) is 7. The summed E-state index contributed by atoms with van der Waals surface area (Å²) in [7, 11) is 0. The van der Waals surface area contributed by atoms with Crippen LogP contribution >= 0.6 is 11.3 Å². The average Bonchev–Trinajstić information content (AvgIpc) is 3.32. The maximum absolute atomic E-state index is 12.0. The van der Waals surface area contributed by atoms with Crippen molar-refractivity contribution in [3.05, 3.63) is 29.1 Å². The third-order valence-corrected chi connectivity index (χ3v) is 5.23. The molecule has 3 aromatic heterocycles. The summed E-state index contributed by atoms with van der Waals surface area (Å²) in [5.74, 6) is 1.32. The Bertz CT molecular complexity index is 992. The summed E-state index contributed by atoms with van der Waals surface area (Å²) in [6, 6.07) is 3.88. The zero-order valence-corrected chi connectivity index (χ0v) is 17.0. The van der Waals surface area contributed by atoms with E-state index in [1.54, 1.807) is 22.0 Å². The van der Waals surface area contributed by atoms with Gasteiger partial charge in [-0.15, -0.1) is 0 Å². The number of thiophene rings is 1. The number of ether oxygens (including phenoxy) is 1. The van der Waals surface area contributed by atoms with Crippen LogP contribution in [0.15, 0.2) is 29.1 Å². The van der Waals surface area contributed by atoms with E-state index < -0.39 is 11.7 Å². The van der Waals surface area contributed by atoms with E-state index in [2.05, 4.69) is 20.7 Å². The normalized spacial score (nSPS) is 17.2. The Kier molecular flexibility index (Phi) is 4.62. The van der Waals surface area contributed by atoms with Crippen LogP contribution in [-0.4, -0.2) is 45.4 Å². The van der Waals surface area contributed by atoms with Crippen LogP contribution < -0.4 is 16.0 Å². The molecule has 9 heteroatoms. The van der Waals surface area contributed by atoms with Gasteiger partial charge in [-0.2, -0.15) is 21.0 Å². The number of nitrogen functional groups attached to an aromatic ring is 1. The maximum atomic E-state index is 12.0. The van der Waals surface area contributed by atoms with Gasteiger partial charge in [-0.25, -0.2) is 9.78 Å². The molecule has 0 aromatic carbocycles. The van der Waals surface area contributed by atoms with Crippen molar-refractivity contribution in [3.63, 3.8) is 0 Å². The zero-order chi connectivity index (χ0) is 19.9. The number of carbonyl (C=O) groups excluding carboxylic acids is 1. The molecule has 0 aliphatic carbocycles. The van der Waals surface area contributed by atoms with Crippen LogP contribution in [0.2, 0.25) is 0 Å². The van der Waals surface area contributed by atoms with Crippen molar-refractivity contribution in [2.75, 3.05) is 23.7 Å². The van der Waals surface area contributed by atoms with Gasteiger partial charge in [-0.3, -0.25) is 0 Å². The highest BCUT2D eigenvalue weighted by atomic mass is 32.1. The van der Waals surface area contributed by atoms with Crippen molar-refractivity contribution in [1.82, 2.24) is 19.9 Å². The van der Waals surface area contributed by atoms with Gasteiger partial charge in [0.15, 0.2) is 5.65 Å². The molecule has 3 N–H and O–H groups in total. The molecule has 0 saturated carbocycles. The lowest BCUT2D eigenvalue weighted by molar-refractivity contribution is 0.0509. The molecule has 0 spiro atoms. The van der Waals surface area contributed by atoms with Gasteiger partial charge in [-0.1, -0.05) is 0 Å². The van der Waals surface area contributed by atoms with Crippen molar-refractivity contribution in [1.29, 1.82) is 0 Å². The summed E-state index contributed by atoms with van der Waals surface area (Å²) < 4.78 is 7.00. The summed E-state index contributed by atoms with van der Waals surface area (Å²) >= 11 is 1.63. The van der Waals surface area contributed by atoms with E-state index in [0.717, 1.165) is 35.6 Å². The minimum absolute atomic E-state index is 0.00959. The van der Waals surface area contributed by atoms with E-state index in [1.165, 1.54) is 0 Å². The minimum Gasteiger partial charge on any atom is -0.444 e. The van der Waals surface area contributed by atoms with Gasteiger partial charge in [0.2, 0.25) is 0 Å². The smallest absolute Gasteiger partial charge is 0.407 e. The predicted octanol–water partition coefficient (Wildman–Crippen LogP) is 3.14. The van der Waals surface area contributed by atoms with Crippen molar-refractivity contribution in [2.24, 2.45) is 0 Å². The number of anilines is 2. The van der Waals surface area contributed by atoms with Gasteiger partial charge in [0.25, 0.3) is 0 Å². The highest BCUT2D eigenvalue weighted by Gasteiger charge is 2.27. The highest BCUT2D eigenvalue weighted by molar-refractivity contribution is 7.08. The monoisotopic (exact) mass is 400 g/mol. The molecule has 1 aliphatic rings. The number of alkyl carbamates (subject to hydrolysis) is 1. The molecular weight excluding hydrogens is 376 g/mol. The van der Waals surface area contributed by atoms with Gasteiger partial charge in [0.1, 0.15) is 17.2 Å². The van der Waals surface area contributed by atoms with Crippen molar-refractivity contribution in [2.45, 2.75) is 38.8 Å². The van der Waals surface area contributed by atoms with E-state index in [0.29, 0.717) is 12.4 Å². The Hall–Kier alpha value is -2.81. The number of rotatable bonds is 3. The SMILES string of the molecule is CC(C)(C)OC(=O)N[C@H]1CCN(c2cc(N)n3ncc(-c4ccsc4)c3n2)C1. The Morgan fingerprint density at radius 2 is 2.25 bits per heavy atom. The molecule has 28 heavy (non-hydrogen) atoms. The number of nitrogens with two attached hydrogens (primary N) is 1. The Labute approximate surface area is 167 Å². The summed E-state index contributed by atoms with van der Waals surface area (Å²) in [6.45, 7) is 7.00. The van der Waals surface area contributed by atoms with Crippen LogP contribution in [0.1, 0.15) is 27.2 Å². The Balaban J connectivity index is 1.53. The van der Waals surface area contributed by atoms with Crippen LogP contribution in [0.5, 0.6) is 0 Å². The van der Waals surface area contributed by atoms with E-state index in [4.69, 9.17) is 15.5 Å². The fourth-order valence-electron chi connectivity index (χ4n) is 3.32. The molecule has 1 aliphatic heterocycles. The van der Waals surface area contributed by atoms with Gasteiger partial charge in [-0.05, 0) is 49.6 Å². The fraction of sp³-hybridized carbons (Fsp3) is 0.421. The molecule has 1 atom stereocenters. The van der Waals surface area contributed by atoms with Gasteiger partial charge in [0, 0.05) is 24.7 Å². The molecule has 4 heterocycles. The van der Waals surface area contributed by atoms with Crippen molar-refractivity contribution < 1.29 is 9.53 Å². The number of fused-ring (bicyclic) bond motifs is 1. The quantitative estimate of drug-likeness (QED) is 0.701. The van der Waals surface area contributed by atoms with E-state index in [-0.39, 0.29) is 6.04 Å². The molecule has 4 rings (SSSR count). The maximum Gasteiger partial charge on any atom is 0.407 e. The van der Waals surface area contributed by atoms with Gasteiger partial charge in [0.05, 0.1) is 12.2 Å². The molecule has 8 nitrogen and oxygen atoms in total. The molecule has 0 bridgehead atoms. The second-order valence-electron chi connectivity index (χ2n) is 7.92. The molecule has 0 unspecified atom stereocenters. The largest absolute Gasteiger partial charge is 0.444 e. The molecule has 1 fully saturated rings. The fourth-order valence-corrected chi connectivity index (χ4v) is 3.97. The van der Waals surface area contributed by atoms with E-state index in [1.807, 2.05) is 38.3 Å². The Morgan fingerprint density at radius 3 is 2.96 bits per heavy atom. The van der Waals surface area contributed by atoms with Crippen molar-refractivity contribution in [3.8, 4) is 11.1 Å². The summed E-state index contributed by atoms with van der Waals surface area (Å²) in [5, 5.41) is 11.4. The second-order valence-corrected chi connectivity index (χ2v) is 8.70. The molecule has 1 amide bonds. The lowest BCUT2D eigenvalue weighted by Gasteiger charge is -2.22. The molecule has 1 saturated heterocycles. The Morgan fingerprint density at radius 1 is 1.43 bits per heavy atom. The number of amides is 1. The number of nitrogens with one attached hydrogen (secondary N) is 1. The molecular formula is C19H24N6O2S. The number of hydrogen-bond donors (Lipinski definition) is 2. The number of nitrogens with zero attached hydrogens (tertiary/aromatic N) is 4. The first-order chi connectivity index (χ1) is 13.3. The number of aromatic nitrogens is 3. The average molecular weight is 401 g/mol. The van der Waals surface area contributed by atoms with Crippen LogP contribution in [0.3, 0.4) is 0 Å². The summed E-state index contributed by atoms with van der Waals surface area (Å²) in [4.78, 5) is 19.0. The molecule has 148 valence electrons. The first-order valence-electron chi connectivity index (χ1n) is 9.21. The summed E-state index contributed by atoms with van der Waals surface area (Å²) in [5.41, 5.74) is 8.48. The first-order valence-corrected chi connectivity index (χ1v) is 10.2. The van der Waals surface area contributed by atoms with Gasteiger partial charge < -0.3 is 20.7 Å². The third kappa shape index (κ3) is 3.75. The van der Waals surface area contributed by atoms with Crippen LogP contribution in [0.25, 0.3) is 16.8 Å². The zero-order valence-electron chi connectivity index (χ0n) is 16.2. The second kappa shape index (κ2) is 6.97. The van der Waals surface area contributed by atoms with Crippen molar-refractivity contribution >= 4 is 34.7 Å². The topological polar surface area (TPSA) is 97.8 Å². The standard InChI is InChI=1S/C19H24N6O2S/c1-19(2,3)27-18(26)22-13-4-6-24(10-13)16-8-15(20)25-17(23-16)14(9-21-25)12-5-7-28-11-12/h5,7-9,11,13H,4,6,10,20H2,1-3H3,(H,22,26)/t13-/m0/s1. The highest BCUT2D eigenvalue weighted by Crippen LogP contribution is 2.29. The van der Waals surface area contributed by atoms with Crippen LogP contribution in [0.4, 0.5) is 16.4 Å². The lowest BCUT2D eigenvalue weighted by Crippen LogP contribution is -2.40. The lowest BCUT2D eigenvalue weighted by atomic mass is 10.2. The molecule has 0 radical (unpaired) electrons. The number of carbonyl (C=O) groups is 1. The summed E-state index contributed by atoms with van der Waals surface area (Å²) in [6.07, 6.45) is 2.22. The predicted molar refractivity (Wildman–Crippen MR) is 111 cm³/mol. The third-order valence-electron chi connectivity index (χ3n) is 4.55. The van der Waals surface area contributed by atoms with Crippen LogP contribution in [-0.2, 0) is 4.74 Å². The minimum atomic E-state index is -0.510. The molecule has 3 aromatic rings.